The van der Waals surface area contributed by atoms with Gasteiger partial charge in [0.05, 0.1) is 12.6 Å². The van der Waals surface area contributed by atoms with E-state index >= 15 is 0 Å². The van der Waals surface area contributed by atoms with Gasteiger partial charge in [-0.1, -0.05) is 0 Å². The summed E-state index contributed by atoms with van der Waals surface area (Å²) in [6, 6.07) is 0.196. The molecule has 0 aromatic heterocycles. The van der Waals surface area contributed by atoms with Gasteiger partial charge in [0, 0.05) is 6.04 Å². The van der Waals surface area contributed by atoms with Crippen molar-refractivity contribution in [2.75, 3.05) is 13.1 Å². The number of rotatable bonds is 7. The highest BCUT2D eigenvalue weighted by atomic mass is 16.3. The first-order valence-electron chi connectivity index (χ1n) is 5.20. The summed E-state index contributed by atoms with van der Waals surface area (Å²) >= 11 is 0. The molecule has 0 aliphatic rings. The average molecular weight is 202 g/mol. The normalized spacial score (nSPS) is 12.9. The molecule has 0 spiro atoms. The monoisotopic (exact) mass is 202 g/mol. The van der Waals surface area contributed by atoms with E-state index in [4.69, 9.17) is 5.11 Å². The van der Waals surface area contributed by atoms with Crippen molar-refractivity contribution in [3.05, 3.63) is 0 Å². The lowest BCUT2D eigenvalue weighted by atomic mass is 10.2. The molecule has 0 fully saturated rings. The third kappa shape index (κ3) is 9.48. The van der Waals surface area contributed by atoms with E-state index in [0.717, 1.165) is 19.4 Å². The molecule has 0 aromatic rings. The van der Waals surface area contributed by atoms with Crippen molar-refractivity contribution < 1.29 is 9.90 Å². The zero-order valence-electron chi connectivity index (χ0n) is 9.34. The molecule has 0 heterocycles. The van der Waals surface area contributed by atoms with Gasteiger partial charge in [-0.05, 0) is 40.2 Å². The van der Waals surface area contributed by atoms with Crippen LogP contribution in [-0.2, 0) is 4.79 Å². The third-order valence-electron chi connectivity index (χ3n) is 1.71. The second-order valence-electron chi connectivity index (χ2n) is 3.89. The largest absolute Gasteiger partial charge is 0.393 e. The van der Waals surface area contributed by atoms with E-state index in [9.17, 15) is 4.79 Å². The molecule has 0 aliphatic heterocycles. The van der Waals surface area contributed by atoms with Crippen LogP contribution in [0.15, 0.2) is 0 Å². The van der Waals surface area contributed by atoms with Gasteiger partial charge in [0.1, 0.15) is 0 Å². The smallest absolute Gasteiger partial charge is 0.234 e. The number of hydrogen-bond donors (Lipinski definition) is 3. The summed E-state index contributed by atoms with van der Waals surface area (Å²) in [5.41, 5.74) is 0. The number of nitrogens with one attached hydrogen (secondary N) is 2. The van der Waals surface area contributed by atoms with Crippen LogP contribution in [0.2, 0.25) is 0 Å². The predicted molar refractivity (Wildman–Crippen MR) is 57.1 cm³/mol. The maximum atomic E-state index is 11.1. The molecule has 0 rings (SSSR count). The van der Waals surface area contributed by atoms with Crippen LogP contribution in [-0.4, -0.2) is 36.2 Å². The zero-order chi connectivity index (χ0) is 11.0. The van der Waals surface area contributed by atoms with E-state index in [1.807, 2.05) is 13.8 Å². The quantitative estimate of drug-likeness (QED) is 0.519. The molecule has 0 radical (unpaired) electrons. The van der Waals surface area contributed by atoms with Gasteiger partial charge in [0.2, 0.25) is 5.91 Å². The Morgan fingerprint density at radius 1 is 1.36 bits per heavy atom. The van der Waals surface area contributed by atoms with Gasteiger partial charge >= 0.3 is 0 Å². The van der Waals surface area contributed by atoms with Gasteiger partial charge in [-0.2, -0.15) is 0 Å². The van der Waals surface area contributed by atoms with Gasteiger partial charge in [-0.3, -0.25) is 4.79 Å². The molecule has 4 nitrogen and oxygen atoms in total. The summed E-state index contributed by atoms with van der Waals surface area (Å²) in [6.07, 6.45) is 1.42. The van der Waals surface area contributed by atoms with Crippen molar-refractivity contribution in [2.45, 2.75) is 45.8 Å². The maximum absolute atomic E-state index is 11.1. The van der Waals surface area contributed by atoms with Crippen molar-refractivity contribution in [2.24, 2.45) is 0 Å². The molecule has 0 aliphatic carbocycles. The van der Waals surface area contributed by atoms with Gasteiger partial charge in [-0.25, -0.2) is 0 Å². The molecule has 14 heavy (non-hydrogen) atoms. The molecular formula is C10H22N2O2. The predicted octanol–water partition coefficient (Wildman–Crippen LogP) is 0.262. The summed E-state index contributed by atoms with van der Waals surface area (Å²) in [5, 5.41) is 14.8. The second kappa shape index (κ2) is 7.76. The van der Waals surface area contributed by atoms with Crippen LogP contribution < -0.4 is 10.6 Å². The van der Waals surface area contributed by atoms with Gasteiger partial charge in [0.15, 0.2) is 0 Å². The Bertz CT molecular complexity index is 158. The van der Waals surface area contributed by atoms with Crippen molar-refractivity contribution in [1.29, 1.82) is 0 Å². The highest BCUT2D eigenvalue weighted by molar-refractivity contribution is 5.78. The van der Waals surface area contributed by atoms with Crippen LogP contribution in [0.3, 0.4) is 0 Å². The van der Waals surface area contributed by atoms with E-state index in [0.29, 0.717) is 6.54 Å². The zero-order valence-corrected chi connectivity index (χ0v) is 9.34. The SMILES string of the molecule is CC(O)CCCNCC(=O)NC(C)C. The third-order valence-corrected chi connectivity index (χ3v) is 1.71. The highest BCUT2D eigenvalue weighted by Gasteiger charge is 2.01. The highest BCUT2D eigenvalue weighted by Crippen LogP contribution is 1.92. The fraction of sp³-hybridized carbons (Fsp3) is 0.900. The Morgan fingerprint density at radius 2 is 2.00 bits per heavy atom. The molecule has 3 N–H and O–H groups in total. The van der Waals surface area contributed by atoms with Gasteiger partial charge in [0.25, 0.3) is 0 Å². The number of aliphatic hydroxyl groups excluding tert-OH is 1. The fourth-order valence-corrected chi connectivity index (χ4v) is 1.10. The topological polar surface area (TPSA) is 61.4 Å². The van der Waals surface area contributed by atoms with E-state index in [1.165, 1.54) is 0 Å². The molecule has 4 heteroatoms. The lowest BCUT2D eigenvalue weighted by Gasteiger charge is -2.09. The number of carbonyl (C=O) groups is 1. The first-order valence-corrected chi connectivity index (χ1v) is 5.20. The summed E-state index contributed by atoms with van der Waals surface area (Å²) in [6.45, 7) is 6.77. The molecule has 0 saturated heterocycles. The van der Waals surface area contributed by atoms with Crippen molar-refractivity contribution >= 4 is 5.91 Å². The lowest BCUT2D eigenvalue weighted by Crippen LogP contribution is -2.38. The molecule has 1 unspecified atom stereocenters. The molecule has 1 atom stereocenters. The maximum Gasteiger partial charge on any atom is 0.234 e. The van der Waals surface area contributed by atoms with Crippen LogP contribution in [0.5, 0.6) is 0 Å². The molecule has 0 saturated carbocycles. The van der Waals surface area contributed by atoms with E-state index in [1.54, 1.807) is 6.92 Å². The Labute approximate surface area is 86.1 Å². The fourth-order valence-electron chi connectivity index (χ4n) is 1.10. The van der Waals surface area contributed by atoms with Crippen LogP contribution in [0, 0.1) is 0 Å². The molecule has 1 amide bonds. The number of aliphatic hydroxyl groups is 1. The van der Waals surface area contributed by atoms with Gasteiger partial charge in [-0.15, -0.1) is 0 Å². The molecule has 0 bridgehead atoms. The minimum Gasteiger partial charge on any atom is -0.393 e. The summed E-state index contributed by atoms with van der Waals surface area (Å²) in [7, 11) is 0. The molecular weight excluding hydrogens is 180 g/mol. The number of carbonyl (C=O) groups excluding carboxylic acids is 1. The van der Waals surface area contributed by atoms with E-state index in [-0.39, 0.29) is 18.1 Å². The summed E-state index contributed by atoms with van der Waals surface area (Å²) in [5.74, 6) is 0.0250. The van der Waals surface area contributed by atoms with E-state index in [2.05, 4.69) is 10.6 Å². The number of hydrogen-bond acceptors (Lipinski definition) is 3. The first-order chi connectivity index (χ1) is 6.52. The van der Waals surface area contributed by atoms with Crippen molar-refractivity contribution in [3.63, 3.8) is 0 Å². The Hall–Kier alpha value is -0.610. The minimum absolute atomic E-state index is 0.0250. The Kier molecular flexibility index (Phi) is 7.42. The standard InChI is InChI=1S/C10H22N2O2/c1-8(2)12-10(14)7-11-6-4-5-9(3)13/h8-9,11,13H,4-7H2,1-3H3,(H,12,14). The average Bonchev–Trinajstić information content (AvgIpc) is 2.01. The molecule has 0 aromatic carbocycles. The van der Waals surface area contributed by atoms with Crippen molar-refractivity contribution in [1.82, 2.24) is 10.6 Å². The van der Waals surface area contributed by atoms with Crippen LogP contribution in [0.4, 0.5) is 0 Å². The first kappa shape index (κ1) is 13.4. The van der Waals surface area contributed by atoms with Crippen LogP contribution in [0.1, 0.15) is 33.6 Å². The molecule has 84 valence electrons. The lowest BCUT2D eigenvalue weighted by molar-refractivity contribution is -0.120. The van der Waals surface area contributed by atoms with Gasteiger partial charge < -0.3 is 15.7 Å². The summed E-state index contributed by atoms with van der Waals surface area (Å²) < 4.78 is 0. The second-order valence-corrected chi connectivity index (χ2v) is 3.89. The Morgan fingerprint density at radius 3 is 2.50 bits per heavy atom. The van der Waals surface area contributed by atoms with Crippen LogP contribution >= 0.6 is 0 Å². The van der Waals surface area contributed by atoms with E-state index < -0.39 is 0 Å². The van der Waals surface area contributed by atoms with Crippen LogP contribution in [0.25, 0.3) is 0 Å². The number of amides is 1. The Balaban J connectivity index is 3.23. The summed E-state index contributed by atoms with van der Waals surface area (Å²) in [4.78, 5) is 11.1. The van der Waals surface area contributed by atoms with Crippen molar-refractivity contribution in [3.8, 4) is 0 Å². The minimum atomic E-state index is -0.249.